The summed E-state index contributed by atoms with van der Waals surface area (Å²) >= 11 is 1.01. The van der Waals surface area contributed by atoms with E-state index in [9.17, 15) is 13.2 Å². The van der Waals surface area contributed by atoms with Gasteiger partial charge in [-0.15, -0.1) is 11.3 Å². The maximum atomic E-state index is 12.4. The summed E-state index contributed by atoms with van der Waals surface area (Å²) in [6, 6.07) is 5.72. The van der Waals surface area contributed by atoms with Crippen LogP contribution in [-0.2, 0) is 14.9 Å². The maximum Gasteiger partial charge on any atom is 0.351 e. The van der Waals surface area contributed by atoms with E-state index in [0.29, 0.717) is 0 Å². The van der Waals surface area contributed by atoms with Crippen molar-refractivity contribution in [1.82, 2.24) is 10.3 Å². The van der Waals surface area contributed by atoms with E-state index >= 15 is 0 Å². The minimum absolute atomic E-state index is 0.0523. The molecule has 0 aliphatic rings. The predicted molar refractivity (Wildman–Crippen MR) is 75.3 cm³/mol. The monoisotopic (exact) mass is 340 g/mol. The highest BCUT2D eigenvalue weighted by atomic mass is 32.2. The summed E-state index contributed by atoms with van der Waals surface area (Å²) in [6.45, 7) is 0. The Labute approximate surface area is 128 Å². The van der Waals surface area contributed by atoms with Crippen molar-refractivity contribution < 1.29 is 26.8 Å². The van der Waals surface area contributed by atoms with Crippen LogP contribution >= 0.6 is 11.3 Å². The summed E-state index contributed by atoms with van der Waals surface area (Å²) in [4.78, 5) is 11.4. The third kappa shape index (κ3) is 2.42. The lowest BCUT2D eigenvalue weighted by molar-refractivity contribution is 0.0604. The molecule has 0 fully saturated rings. The Morgan fingerprint density at radius 3 is 2.86 bits per heavy atom. The molecule has 2 heterocycles. The Balaban J connectivity index is 2.03. The Morgan fingerprint density at radius 1 is 1.27 bits per heavy atom. The van der Waals surface area contributed by atoms with Gasteiger partial charge in [-0.05, 0) is 33.9 Å². The number of carbonyl (C=O) groups is 1. The molecule has 0 spiro atoms. The molecule has 114 valence electrons. The summed E-state index contributed by atoms with van der Waals surface area (Å²) in [6.07, 6.45) is 0. The Hall–Kier alpha value is -2.46. The third-order valence-electron chi connectivity index (χ3n) is 2.72. The van der Waals surface area contributed by atoms with Crippen molar-refractivity contribution >= 4 is 38.5 Å². The molecule has 0 aliphatic heterocycles. The van der Waals surface area contributed by atoms with Gasteiger partial charge >= 0.3 is 16.1 Å². The second-order valence-corrected chi connectivity index (χ2v) is 6.46. The number of hydrogen-bond acceptors (Lipinski definition) is 9. The van der Waals surface area contributed by atoms with Crippen molar-refractivity contribution in [3.8, 4) is 5.75 Å². The quantitative estimate of drug-likeness (QED) is 0.523. The van der Waals surface area contributed by atoms with Crippen LogP contribution in [-0.4, -0.2) is 31.8 Å². The molecule has 8 nitrogen and oxygen atoms in total. The lowest BCUT2D eigenvalue weighted by atomic mass is 10.3. The summed E-state index contributed by atoms with van der Waals surface area (Å²) in [5, 5.41) is 8.65. The zero-order valence-corrected chi connectivity index (χ0v) is 12.7. The lowest BCUT2D eigenvalue weighted by Gasteiger charge is -2.07. The van der Waals surface area contributed by atoms with E-state index in [1.807, 2.05) is 0 Å². The molecule has 2 aromatic heterocycles. The SMILES string of the molecule is COC(=O)c1sccc1OS(=O)(=O)c1cccc2nonc12. The smallest absolute Gasteiger partial charge is 0.351 e. The van der Waals surface area contributed by atoms with Crippen LogP contribution in [0.2, 0.25) is 0 Å². The molecule has 3 aromatic rings. The van der Waals surface area contributed by atoms with Crippen LogP contribution in [0.25, 0.3) is 11.0 Å². The molecule has 0 N–H and O–H groups in total. The molecule has 0 saturated carbocycles. The minimum Gasteiger partial charge on any atom is -0.465 e. The van der Waals surface area contributed by atoms with Crippen LogP contribution in [0.5, 0.6) is 5.75 Å². The summed E-state index contributed by atoms with van der Waals surface area (Å²) < 4.78 is 38.9. The van der Waals surface area contributed by atoms with Crippen molar-refractivity contribution in [2.24, 2.45) is 0 Å². The van der Waals surface area contributed by atoms with E-state index in [1.54, 1.807) is 6.07 Å². The molecule has 22 heavy (non-hydrogen) atoms. The van der Waals surface area contributed by atoms with E-state index < -0.39 is 16.1 Å². The Kier molecular flexibility index (Phi) is 3.54. The number of ether oxygens (including phenoxy) is 1. The van der Waals surface area contributed by atoms with Crippen LogP contribution in [0.1, 0.15) is 9.67 Å². The molecule has 0 saturated heterocycles. The highest BCUT2D eigenvalue weighted by molar-refractivity contribution is 7.87. The fourth-order valence-corrected chi connectivity index (χ4v) is 3.63. The standard InChI is InChI=1S/C12H8N2O6S2/c1-18-12(15)11-8(5-6-21-11)19-22(16,17)9-4-2-3-7-10(9)14-20-13-7/h2-6H,1H3. The first-order chi connectivity index (χ1) is 10.5. The van der Waals surface area contributed by atoms with Crippen LogP contribution in [0.15, 0.2) is 39.2 Å². The van der Waals surface area contributed by atoms with Crippen molar-refractivity contribution in [2.75, 3.05) is 7.11 Å². The van der Waals surface area contributed by atoms with Crippen molar-refractivity contribution in [3.63, 3.8) is 0 Å². The van der Waals surface area contributed by atoms with Gasteiger partial charge < -0.3 is 8.92 Å². The molecule has 3 rings (SSSR count). The van der Waals surface area contributed by atoms with Gasteiger partial charge in [-0.25, -0.2) is 9.42 Å². The van der Waals surface area contributed by atoms with Gasteiger partial charge in [-0.3, -0.25) is 0 Å². The number of nitrogens with zero attached hydrogens (tertiary/aromatic N) is 2. The highest BCUT2D eigenvalue weighted by Gasteiger charge is 2.26. The molecule has 0 aliphatic carbocycles. The summed E-state index contributed by atoms with van der Waals surface area (Å²) in [5.74, 6) is -0.785. The Morgan fingerprint density at radius 2 is 2.09 bits per heavy atom. The number of esters is 1. The fourth-order valence-electron chi connectivity index (χ4n) is 1.75. The first-order valence-electron chi connectivity index (χ1n) is 5.84. The molecule has 1 aromatic carbocycles. The van der Waals surface area contributed by atoms with E-state index in [2.05, 4.69) is 19.7 Å². The Bertz CT molecular complexity index is 943. The summed E-state index contributed by atoms with van der Waals surface area (Å²) in [5.41, 5.74) is 0.334. The fraction of sp³-hybridized carbons (Fsp3) is 0.0833. The van der Waals surface area contributed by atoms with Gasteiger partial charge in [-0.2, -0.15) is 8.42 Å². The first-order valence-corrected chi connectivity index (χ1v) is 8.13. The lowest BCUT2D eigenvalue weighted by Crippen LogP contribution is -2.12. The van der Waals surface area contributed by atoms with Crippen LogP contribution in [0.3, 0.4) is 0 Å². The molecule has 0 atom stereocenters. The highest BCUT2D eigenvalue weighted by Crippen LogP contribution is 2.30. The number of benzene rings is 1. The number of rotatable bonds is 4. The average Bonchev–Trinajstić information content (AvgIpc) is 3.14. The number of fused-ring (bicyclic) bond motifs is 1. The normalized spacial score (nSPS) is 11.5. The third-order valence-corrected chi connectivity index (χ3v) is 4.86. The molecule has 10 heteroatoms. The number of aromatic nitrogens is 2. The molecule has 0 unspecified atom stereocenters. The van der Waals surface area contributed by atoms with Crippen LogP contribution < -0.4 is 4.18 Å². The van der Waals surface area contributed by atoms with Crippen molar-refractivity contribution in [1.29, 1.82) is 0 Å². The van der Waals surface area contributed by atoms with E-state index in [0.717, 1.165) is 11.3 Å². The molecular weight excluding hydrogens is 332 g/mol. The summed E-state index contributed by atoms with van der Waals surface area (Å²) in [7, 11) is -3.01. The molecular formula is C12H8N2O6S2. The maximum absolute atomic E-state index is 12.4. The van der Waals surface area contributed by atoms with Gasteiger partial charge in [0.2, 0.25) is 0 Å². The second-order valence-electron chi connectivity index (χ2n) is 4.03. The number of carbonyl (C=O) groups excluding carboxylic acids is 1. The van der Waals surface area contributed by atoms with Crippen molar-refractivity contribution in [3.05, 3.63) is 34.5 Å². The predicted octanol–water partition coefficient (Wildman–Crippen LogP) is 1.84. The zero-order valence-electron chi connectivity index (χ0n) is 11.0. The van der Waals surface area contributed by atoms with Crippen molar-refractivity contribution in [2.45, 2.75) is 4.90 Å². The molecule has 0 bridgehead atoms. The topological polar surface area (TPSA) is 109 Å². The first kappa shape index (κ1) is 14.5. The van der Waals surface area contributed by atoms with Gasteiger partial charge in [-0.1, -0.05) is 6.07 Å². The zero-order chi connectivity index (χ0) is 15.7. The van der Waals surface area contributed by atoms with E-state index in [-0.39, 0.29) is 26.6 Å². The second kappa shape index (κ2) is 5.39. The van der Waals surface area contributed by atoms with Gasteiger partial charge in [0.15, 0.2) is 16.1 Å². The van der Waals surface area contributed by atoms with Crippen LogP contribution in [0, 0.1) is 0 Å². The average molecular weight is 340 g/mol. The molecule has 0 radical (unpaired) electrons. The van der Waals surface area contributed by atoms with Gasteiger partial charge in [0.25, 0.3) is 0 Å². The largest absolute Gasteiger partial charge is 0.465 e. The van der Waals surface area contributed by atoms with Gasteiger partial charge in [0.1, 0.15) is 10.4 Å². The van der Waals surface area contributed by atoms with Crippen LogP contribution in [0.4, 0.5) is 0 Å². The molecule has 0 amide bonds. The van der Waals surface area contributed by atoms with Gasteiger partial charge in [0.05, 0.1) is 7.11 Å². The van der Waals surface area contributed by atoms with E-state index in [4.69, 9.17) is 4.18 Å². The van der Waals surface area contributed by atoms with Gasteiger partial charge in [0, 0.05) is 0 Å². The minimum atomic E-state index is -4.21. The van der Waals surface area contributed by atoms with E-state index in [1.165, 1.54) is 30.7 Å². The number of methoxy groups -OCH3 is 1. The number of thiophene rings is 1. The number of hydrogen-bond donors (Lipinski definition) is 0.